The normalized spacial score (nSPS) is 23.1. The van der Waals surface area contributed by atoms with Gasteiger partial charge in [0.2, 0.25) is 5.91 Å². The van der Waals surface area contributed by atoms with Crippen LogP contribution < -0.4 is 9.64 Å². The van der Waals surface area contributed by atoms with Crippen molar-refractivity contribution in [1.82, 2.24) is 24.8 Å². The smallest absolute Gasteiger partial charge is 0.319 e. The molecule has 1 unspecified atom stereocenters. The molecule has 4 aromatic rings. The molecule has 3 atom stereocenters. The highest BCUT2D eigenvalue weighted by atomic mass is 35.5. The number of aromatic nitrogens is 3. The summed E-state index contributed by atoms with van der Waals surface area (Å²) in [5.74, 6) is -0.304. The van der Waals surface area contributed by atoms with Crippen molar-refractivity contribution in [3.63, 3.8) is 0 Å². The molecule has 0 spiro atoms. The Morgan fingerprint density at radius 1 is 1.25 bits per heavy atom. The Morgan fingerprint density at radius 2 is 2.07 bits per heavy atom. The van der Waals surface area contributed by atoms with Gasteiger partial charge in [-0.25, -0.2) is 8.78 Å². The van der Waals surface area contributed by atoms with Crippen molar-refractivity contribution in [3.05, 3.63) is 66.1 Å². The third kappa shape index (κ3) is 4.84. The van der Waals surface area contributed by atoms with E-state index in [4.69, 9.17) is 21.3 Å². The monoisotopic (exact) mass is 618 g/mol. The summed E-state index contributed by atoms with van der Waals surface area (Å²) in [6.07, 6.45) is 5.02. The maximum atomic E-state index is 16.6. The van der Waals surface area contributed by atoms with Gasteiger partial charge in [0, 0.05) is 55.3 Å². The largest absolute Gasteiger partial charge is 0.461 e. The summed E-state index contributed by atoms with van der Waals surface area (Å²) in [5.41, 5.74) is 0.321. The summed E-state index contributed by atoms with van der Waals surface area (Å²) in [6, 6.07) is 11.1. The number of likely N-dealkylation sites (tertiary alicyclic amines) is 1. The number of hydrogen-bond acceptors (Lipinski definition) is 7. The third-order valence-electron chi connectivity index (χ3n) is 9.43. The molecule has 0 saturated carbocycles. The molecule has 0 aliphatic carbocycles. The molecule has 44 heavy (non-hydrogen) atoms. The van der Waals surface area contributed by atoms with Gasteiger partial charge >= 0.3 is 6.01 Å². The van der Waals surface area contributed by atoms with E-state index in [1.165, 1.54) is 6.08 Å². The van der Waals surface area contributed by atoms with Crippen LogP contribution in [0.1, 0.15) is 25.7 Å². The Balaban J connectivity index is 1.30. The number of amides is 1. The lowest BCUT2D eigenvalue weighted by Crippen LogP contribution is -2.55. The molecule has 3 aliphatic rings. The van der Waals surface area contributed by atoms with Crippen LogP contribution in [0.25, 0.3) is 32.9 Å². The van der Waals surface area contributed by atoms with E-state index in [1.807, 2.05) is 36.2 Å². The lowest BCUT2D eigenvalue weighted by Gasteiger charge is -2.42. The molecule has 3 fully saturated rings. The van der Waals surface area contributed by atoms with Gasteiger partial charge in [0.05, 0.1) is 17.0 Å². The first kappa shape index (κ1) is 28.9. The van der Waals surface area contributed by atoms with Gasteiger partial charge in [-0.1, -0.05) is 48.5 Å². The van der Waals surface area contributed by atoms with Crippen LogP contribution >= 0.6 is 11.6 Å². The molecule has 7 rings (SSSR count). The molecule has 8 nitrogen and oxygen atoms in total. The number of hydrogen-bond donors (Lipinski definition) is 0. The van der Waals surface area contributed by atoms with Crippen LogP contribution in [0.15, 0.2) is 55.3 Å². The number of pyridine rings is 1. The van der Waals surface area contributed by atoms with Gasteiger partial charge in [-0.2, -0.15) is 9.97 Å². The lowest BCUT2D eigenvalue weighted by atomic mass is 9.95. The van der Waals surface area contributed by atoms with Crippen LogP contribution in [0, 0.1) is 5.82 Å². The molecule has 3 saturated heterocycles. The highest BCUT2D eigenvalue weighted by Gasteiger charge is 2.49. The number of carbonyl (C=O) groups excluding carboxylic acids is 1. The minimum Gasteiger partial charge on any atom is -0.461 e. The molecule has 2 aromatic carbocycles. The molecule has 0 N–H and O–H groups in total. The summed E-state index contributed by atoms with van der Waals surface area (Å²) in [7, 11) is 1.85. The van der Waals surface area contributed by atoms with Crippen LogP contribution in [-0.4, -0.2) is 88.2 Å². The fourth-order valence-corrected chi connectivity index (χ4v) is 7.43. The molecule has 228 valence electrons. The highest BCUT2D eigenvalue weighted by Crippen LogP contribution is 2.41. The van der Waals surface area contributed by atoms with E-state index in [1.54, 1.807) is 23.2 Å². The first-order valence-corrected chi connectivity index (χ1v) is 15.4. The number of likely N-dealkylation sites (N-methyl/N-ethyl adjacent to an activating group) is 1. The zero-order chi connectivity index (χ0) is 30.6. The van der Waals surface area contributed by atoms with Gasteiger partial charge in [-0.15, -0.1) is 0 Å². The molecular formula is C33H33ClF2N6O2. The number of carbonyl (C=O) groups is 1. The molecule has 1 amide bonds. The second kappa shape index (κ2) is 11.2. The van der Waals surface area contributed by atoms with Gasteiger partial charge in [0.1, 0.15) is 29.8 Å². The summed E-state index contributed by atoms with van der Waals surface area (Å²) in [6.45, 7) is 6.17. The number of anilines is 1. The van der Waals surface area contributed by atoms with E-state index >= 15 is 4.39 Å². The van der Waals surface area contributed by atoms with E-state index in [-0.39, 0.29) is 35.8 Å². The maximum absolute atomic E-state index is 16.6. The van der Waals surface area contributed by atoms with Crippen LogP contribution in [0.3, 0.4) is 0 Å². The zero-order valence-electron chi connectivity index (χ0n) is 24.5. The molecule has 2 aromatic heterocycles. The predicted molar refractivity (Wildman–Crippen MR) is 167 cm³/mol. The minimum absolute atomic E-state index is 0.0162. The highest BCUT2D eigenvalue weighted by molar-refractivity contribution is 6.36. The Morgan fingerprint density at radius 3 is 2.84 bits per heavy atom. The summed E-state index contributed by atoms with van der Waals surface area (Å²) in [5, 5.41) is 2.47. The van der Waals surface area contributed by atoms with E-state index < -0.39 is 17.5 Å². The van der Waals surface area contributed by atoms with Gasteiger partial charge in [0.15, 0.2) is 5.82 Å². The number of ether oxygens (including phenoxy) is 1. The predicted octanol–water partition coefficient (Wildman–Crippen LogP) is 5.82. The van der Waals surface area contributed by atoms with Crippen LogP contribution in [-0.2, 0) is 4.79 Å². The van der Waals surface area contributed by atoms with Gasteiger partial charge in [-0.05, 0) is 43.3 Å². The zero-order valence-corrected chi connectivity index (χ0v) is 25.2. The Bertz CT molecular complexity index is 1780. The van der Waals surface area contributed by atoms with E-state index in [0.29, 0.717) is 53.2 Å². The average molecular weight is 619 g/mol. The molecule has 5 heterocycles. The van der Waals surface area contributed by atoms with Crippen molar-refractivity contribution in [1.29, 1.82) is 0 Å². The van der Waals surface area contributed by atoms with Gasteiger partial charge in [0.25, 0.3) is 0 Å². The van der Waals surface area contributed by atoms with Crippen molar-refractivity contribution in [2.45, 2.75) is 43.4 Å². The fourth-order valence-electron chi connectivity index (χ4n) is 7.15. The fraction of sp³-hybridized carbons (Fsp3) is 0.394. The van der Waals surface area contributed by atoms with Crippen molar-refractivity contribution in [2.75, 3.05) is 44.7 Å². The minimum atomic E-state index is -0.902. The van der Waals surface area contributed by atoms with Crippen molar-refractivity contribution >= 4 is 45.0 Å². The van der Waals surface area contributed by atoms with Gasteiger partial charge in [-0.3, -0.25) is 14.7 Å². The number of alkyl halides is 1. The Kier molecular flexibility index (Phi) is 7.37. The molecule has 3 aliphatic heterocycles. The Labute approximate surface area is 259 Å². The second-order valence-electron chi connectivity index (χ2n) is 12.1. The Hall–Kier alpha value is -3.89. The van der Waals surface area contributed by atoms with E-state index in [0.717, 1.165) is 31.2 Å². The quantitative estimate of drug-likeness (QED) is 0.231. The van der Waals surface area contributed by atoms with Crippen molar-refractivity contribution in [2.24, 2.45) is 0 Å². The number of nitrogens with zero attached hydrogens (tertiary/aromatic N) is 6. The number of fused-ring (bicyclic) bond motifs is 3. The van der Waals surface area contributed by atoms with Gasteiger partial charge < -0.3 is 14.5 Å². The first-order valence-electron chi connectivity index (χ1n) is 15.0. The molecule has 0 bridgehead atoms. The SMILES string of the molecule is C=CC(=O)N1CCC1CN(C)c1nc(OC[C@@]23CCCN2C[C@H](F)C3)nc2c(F)c(-c3cccc4cccc(Cl)c34)ncc12. The van der Waals surface area contributed by atoms with Crippen LogP contribution in [0.2, 0.25) is 5.02 Å². The summed E-state index contributed by atoms with van der Waals surface area (Å²) < 4.78 is 37.2. The molecule has 11 heteroatoms. The standard InChI is InChI=1S/C33H33ClF2N6O2/c1-3-26(43)42-14-11-22(42)18-40(2)31-24-16-37-29(23-9-4-7-20-8-5-10-25(34)27(20)23)28(36)30(24)38-32(39-31)44-19-33-12-6-13-41(33)17-21(35)15-33/h3-5,7-10,16,21-22H,1,6,11-15,17-19H2,2H3/t21-,22?,33+/m1/s1. The number of benzene rings is 2. The molecule has 0 radical (unpaired) electrons. The number of rotatable bonds is 8. The van der Waals surface area contributed by atoms with Crippen LogP contribution in [0.5, 0.6) is 6.01 Å². The second-order valence-corrected chi connectivity index (χ2v) is 12.5. The number of halogens is 3. The summed E-state index contributed by atoms with van der Waals surface area (Å²) in [4.78, 5) is 31.9. The first-order chi connectivity index (χ1) is 21.3. The maximum Gasteiger partial charge on any atom is 0.319 e. The van der Waals surface area contributed by atoms with Crippen molar-refractivity contribution in [3.8, 4) is 17.3 Å². The van der Waals surface area contributed by atoms with Crippen LogP contribution in [0.4, 0.5) is 14.6 Å². The molecular weight excluding hydrogens is 586 g/mol. The van der Waals surface area contributed by atoms with Crippen molar-refractivity contribution < 1.29 is 18.3 Å². The summed E-state index contributed by atoms with van der Waals surface area (Å²) >= 11 is 6.58. The third-order valence-corrected chi connectivity index (χ3v) is 9.75. The van der Waals surface area contributed by atoms with E-state index in [2.05, 4.69) is 21.4 Å². The topological polar surface area (TPSA) is 74.7 Å². The lowest BCUT2D eigenvalue weighted by molar-refractivity contribution is -0.132. The average Bonchev–Trinajstić information content (AvgIpc) is 3.53. The van der Waals surface area contributed by atoms with E-state index in [9.17, 15) is 9.18 Å².